The summed E-state index contributed by atoms with van der Waals surface area (Å²) in [6.45, 7) is 5.87. The van der Waals surface area contributed by atoms with Gasteiger partial charge in [0, 0.05) is 36.8 Å². The minimum Gasteiger partial charge on any atom is -0.378 e. The predicted molar refractivity (Wildman–Crippen MR) is 97.5 cm³/mol. The molecule has 2 fully saturated rings. The Bertz CT molecular complexity index is 736. The van der Waals surface area contributed by atoms with Gasteiger partial charge in [-0.1, -0.05) is 20.8 Å². The van der Waals surface area contributed by atoms with Crippen molar-refractivity contribution in [3.05, 3.63) is 24.3 Å². The van der Waals surface area contributed by atoms with Crippen LogP contribution >= 0.6 is 0 Å². The maximum Gasteiger partial charge on any atom is 0.242 e. The summed E-state index contributed by atoms with van der Waals surface area (Å²) >= 11 is 0. The van der Waals surface area contributed by atoms with Crippen LogP contribution in [0.3, 0.4) is 0 Å². The summed E-state index contributed by atoms with van der Waals surface area (Å²) in [5, 5.41) is 2.75. The van der Waals surface area contributed by atoms with Crippen LogP contribution < -0.4 is 10.2 Å². The molecule has 0 aliphatic heterocycles. The highest BCUT2D eigenvalue weighted by Gasteiger charge is 2.66. The normalized spacial score (nSPS) is 30.3. The molecule has 134 valence electrons. The van der Waals surface area contributed by atoms with Gasteiger partial charge in [-0.25, -0.2) is 0 Å². The molecule has 2 aliphatic carbocycles. The first-order valence-electron chi connectivity index (χ1n) is 8.76. The van der Waals surface area contributed by atoms with Crippen molar-refractivity contribution in [2.45, 2.75) is 33.6 Å². The Morgan fingerprint density at radius 3 is 2.28 bits per heavy atom. The van der Waals surface area contributed by atoms with Crippen LogP contribution in [0.15, 0.2) is 24.3 Å². The third-order valence-corrected chi connectivity index (χ3v) is 6.57. The quantitative estimate of drug-likeness (QED) is 0.858. The van der Waals surface area contributed by atoms with E-state index in [4.69, 9.17) is 0 Å². The first kappa shape index (κ1) is 17.6. The zero-order valence-corrected chi connectivity index (χ0v) is 15.6. The lowest BCUT2D eigenvalue weighted by Crippen LogP contribution is -2.56. The number of nitrogens with one attached hydrogen (secondary N) is 1. The van der Waals surface area contributed by atoms with Crippen molar-refractivity contribution in [2.75, 3.05) is 24.3 Å². The molecular formula is C20H26N2O3. The Balaban J connectivity index is 1.83. The number of hydrogen-bond donors (Lipinski definition) is 1. The van der Waals surface area contributed by atoms with E-state index in [1.807, 2.05) is 51.9 Å². The SMILES string of the molecule is CN(C)c1ccc(NC(=O)C2C(=O)C3CCC(C)(C2=O)C3(C)C)cc1. The maximum atomic E-state index is 13.0. The van der Waals surface area contributed by atoms with Gasteiger partial charge in [0.2, 0.25) is 5.91 Å². The van der Waals surface area contributed by atoms with Gasteiger partial charge in [0.05, 0.1) is 0 Å². The van der Waals surface area contributed by atoms with Crippen LogP contribution in [0.2, 0.25) is 0 Å². The number of Topliss-reactive ketones (excluding diaryl/α,β-unsaturated/α-hetero) is 2. The van der Waals surface area contributed by atoms with Crippen LogP contribution in [0.4, 0.5) is 11.4 Å². The Kier molecular flexibility index (Phi) is 4.01. The topological polar surface area (TPSA) is 66.5 Å². The summed E-state index contributed by atoms with van der Waals surface area (Å²) < 4.78 is 0. The van der Waals surface area contributed by atoms with Gasteiger partial charge in [0.15, 0.2) is 17.5 Å². The number of anilines is 2. The summed E-state index contributed by atoms with van der Waals surface area (Å²) in [4.78, 5) is 40.5. The number of carbonyl (C=O) groups excluding carboxylic acids is 3. The zero-order chi connectivity index (χ0) is 18.6. The van der Waals surface area contributed by atoms with Crippen molar-refractivity contribution in [3.63, 3.8) is 0 Å². The highest BCUT2D eigenvalue weighted by atomic mass is 16.2. The van der Waals surface area contributed by atoms with Gasteiger partial charge in [-0.3, -0.25) is 14.4 Å². The Hall–Kier alpha value is -2.17. The van der Waals surface area contributed by atoms with E-state index in [-0.39, 0.29) is 22.9 Å². The molecule has 0 aromatic heterocycles. The van der Waals surface area contributed by atoms with Gasteiger partial charge in [-0.15, -0.1) is 0 Å². The minimum atomic E-state index is -1.18. The molecule has 0 radical (unpaired) electrons. The predicted octanol–water partition coefficient (Wildman–Crippen LogP) is 2.90. The van der Waals surface area contributed by atoms with Gasteiger partial charge in [0.25, 0.3) is 0 Å². The maximum absolute atomic E-state index is 13.0. The summed E-state index contributed by atoms with van der Waals surface area (Å²) in [7, 11) is 3.87. The Labute approximate surface area is 148 Å². The first-order chi connectivity index (χ1) is 11.6. The molecule has 0 heterocycles. The molecule has 2 saturated carbocycles. The second kappa shape index (κ2) is 5.68. The minimum absolute atomic E-state index is 0.215. The van der Waals surface area contributed by atoms with Crippen LogP contribution in [-0.4, -0.2) is 31.6 Å². The average molecular weight is 342 g/mol. The number of carbonyl (C=O) groups is 3. The summed E-state index contributed by atoms with van der Waals surface area (Å²) in [5.74, 6) is -2.34. The third-order valence-electron chi connectivity index (χ3n) is 6.57. The van der Waals surface area contributed by atoms with E-state index in [0.29, 0.717) is 18.5 Å². The smallest absolute Gasteiger partial charge is 0.242 e. The molecule has 1 aromatic rings. The zero-order valence-electron chi connectivity index (χ0n) is 15.6. The van der Waals surface area contributed by atoms with E-state index < -0.39 is 17.2 Å². The lowest BCUT2D eigenvalue weighted by molar-refractivity contribution is -0.156. The van der Waals surface area contributed by atoms with Crippen LogP contribution in [0, 0.1) is 22.7 Å². The van der Waals surface area contributed by atoms with Crippen molar-refractivity contribution in [3.8, 4) is 0 Å². The van der Waals surface area contributed by atoms with Gasteiger partial charge in [0.1, 0.15) is 0 Å². The number of amides is 1. The first-order valence-corrected chi connectivity index (χ1v) is 8.76. The van der Waals surface area contributed by atoms with Crippen molar-refractivity contribution in [1.29, 1.82) is 0 Å². The molecule has 2 aliphatic rings. The number of fused-ring (bicyclic) bond motifs is 2. The number of benzene rings is 1. The summed E-state index contributed by atoms with van der Waals surface area (Å²) in [6, 6.07) is 7.33. The molecule has 25 heavy (non-hydrogen) atoms. The van der Waals surface area contributed by atoms with E-state index in [1.54, 1.807) is 12.1 Å². The standard InChI is InChI=1S/C20H26N2O3/c1-19(2)14-10-11-20(19,3)17(24)15(16(14)23)18(25)21-12-6-8-13(9-7-12)22(4)5/h6-9,14-15H,10-11H2,1-5H3,(H,21,25). The van der Waals surface area contributed by atoms with E-state index in [0.717, 1.165) is 5.69 Å². The monoisotopic (exact) mass is 342 g/mol. The number of nitrogens with zero attached hydrogens (tertiary/aromatic N) is 1. The third kappa shape index (κ3) is 2.48. The van der Waals surface area contributed by atoms with E-state index in [9.17, 15) is 14.4 Å². The molecule has 5 heteroatoms. The largest absolute Gasteiger partial charge is 0.378 e. The molecule has 3 rings (SSSR count). The number of hydrogen-bond acceptors (Lipinski definition) is 4. The molecule has 0 saturated heterocycles. The van der Waals surface area contributed by atoms with Crippen molar-refractivity contribution < 1.29 is 14.4 Å². The molecule has 0 spiro atoms. The van der Waals surface area contributed by atoms with Crippen molar-refractivity contribution in [1.82, 2.24) is 0 Å². The van der Waals surface area contributed by atoms with E-state index >= 15 is 0 Å². The molecule has 1 amide bonds. The van der Waals surface area contributed by atoms with Gasteiger partial charge < -0.3 is 10.2 Å². The fraction of sp³-hybridized carbons (Fsp3) is 0.550. The second-order valence-electron chi connectivity index (χ2n) is 8.28. The van der Waals surface area contributed by atoms with Gasteiger partial charge in [-0.2, -0.15) is 0 Å². The Morgan fingerprint density at radius 1 is 1.12 bits per heavy atom. The molecular weight excluding hydrogens is 316 g/mol. The van der Waals surface area contributed by atoms with E-state index in [1.165, 1.54) is 0 Å². The lowest BCUT2D eigenvalue weighted by atomic mass is 9.55. The van der Waals surface area contributed by atoms with Crippen LogP contribution in [0.5, 0.6) is 0 Å². The van der Waals surface area contributed by atoms with Crippen LogP contribution in [0.25, 0.3) is 0 Å². The number of ketones is 2. The highest BCUT2D eigenvalue weighted by Crippen LogP contribution is 2.61. The molecule has 1 N–H and O–H groups in total. The molecule has 3 atom stereocenters. The fourth-order valence-corrected chi connectivity index (χ4v) is 4.39. The van der Waals surface area contributed by atoms with Crippen LogP contribution in [0.1, 0.15) is 33.6 Å². The van der Waals surface area contributed by atoms with E-state index in [2.05, 4.69) is 5.32 Å². The molecule has 1 aromatic carbocycles. The summed E-state index contributed by atoms with van der Waals surface area (Å²) in [6.07, 6.45) is 1.37. The van der Waals surface area contributed by atoms with Gasteiger partial charge >= 0.3 is 0 Å². The van der Waals surface area contributed by atoms with Crippen LogP contribution in [-0.2, 0) is 14.4 Å². The van der Waals surface area contributed by atoms with Crippen molar-refractivity contribution in [2.24, 2.45) is 22.7 Å². The van der Waals surface area contributed by atoms with Crippen molar-refractivity contribution >= 4 is 28.8 Å². The lowest BCUT2D eigenvalue weighted by Gasteiger charge is -2.46. The summed E-state index contributed by atoms with van der Waals surface area (Å²) in [5.41, 5.74) is 0.613. The second-order valence-corrected chi connectivity index (χ2v) is 8.28. The highest BCUT2D eigenvalue weighted by molar-refractivity contribution is 6.25. The number of rotatable bonds is 3. The molecule has 5 nitrogen and oxygen atoms in total. The average Bonchev–Trinajstić information content (AvgIpc) is 2.71. The molecule has 3 unspecified atom stereocenters. The van der Waals surface area contributed by atoms with Gasteiger partial charge in [-0.05, 0) is 42.5 Å². The molecule has 2 bridgehead atoms. The Morgan fingerprint density at radius 2 is 1.72 bits per heavy atom. The fourth-order valence-electron chi connectivity index (χ4n) is 4.39.